The summed E-state index contributed by atoms with van der Waals surface area (Å²) in [7, 11) is 0. The maximum absolute atomic E-state index is 12.3. The van der Waals surface area contributed by atoms with Crippen LogP contribution in [0.5, 0.6) is 0 Å². The first-order valence-corrected chi connectivity index (χ1v) is 8.66. The zero-order chi connectivity index (χ0) is 16.8. The lowest BCUT2D eigenvalue weighted by Crippen LogP contribution is -2.08. The van der Waals surface area contributed by atoms with Crippen LogP contribution in [0.1, 0.15) is 49.9 Å². The highest BCUT2D eigenvalue weighted by molar-refractivity contribution is 6.41. The summed E-state index contributed by atoms with van der Waals surface area (Å²) in [6.07, 6.45) is 4.32. The lowest BCUT2D eigenvalue weighted by molar-refractivity contribution is 0.0499. The topological polar surface area (TPSA) is 39.2 Å². The van der Waals surface area contributed by atoms with Crippen molar-refractivity contribution >= 4 is 40.1 Å². The molecule has 2 rings (SSSR count). The largest absolute Gasteiger partial charge is 0.462 e. The third-order valence-electron chi connectivity index (χ3n) is 3.64. The molecule has 0 saturated heterocycles. The van der Waals surface area contributed by atoms with Gasteiger partial charge in [0.1, 0.15) is 5.15 Å². The summed E-state index contributed by atoms with van der Waals surface area (Å²) in [6, 6.07) is 7.02. The fourth-order valence-corrected chi connectivity index (χ4v) is 2.69. The Labute approximate surface area is 146 Å². The molecule has 0 amide bonds. The molecule has 5 heteroatoms. The second-order valence-corrected chi connectivity index (χ2v) is 6.78. The number of carbonyl (C=O) groups excluding carboxylic acids is 1. The first-order valence-electron chi connectivity index (χ1n) is 7.91. The predicted molar refractivity (Wildman–Crippen MR) is 95.4 cm³/mol. The average Bonchev–Trinajstić information content (AvgIpc) is 2.51. The van der Waals surface area contributed by atoms with Crippen LogP contribution in [0.15, 0.2) is 24.3 Å². The van der Waals surface area contributed by atoms with Crippen molar-refractivity contribution in [3.05, 3.63) is 40.0 Å². The van der Waals surface area contributed by atoms with Gasteiger partial charge in [0.15, 0.2) is 0 Å². The average molecular weight is 354 g/mol. The third-order valence-corrected chi connectivity index (χ3v) is 4.31. The highest BCUT2D eigenvalue weighted by Gasteiger charge is 2.14. The van der Waals surface area contributed by atoms with Crippen molar-refractivity contribution < 1.29 is 9.53 Å². The molecule has 2 aromatic rings. The van der Waals surface area contributed by atoms with Gasteiger partial charge in [0.05, 0.1) is 22.7 Å². The van der Waals surface area contributed by atoms with E-state index in [1.165, 1.54) is 12.8 Å². The molecule has 3 nitrogen and oxygen atoms in total. The molecule has 0 radical (unpaired) electrons. The van der Waals surface area contributed by atoms with E-state index in [4.69, 9.17) is 27.9 Å². The van der Waals surface area contributed by atoms with Crippen molar-refractivity contribution in [3.63, 3.8) is 0 Å². The number of ether oxygens (including phenoxy) is 1. The minimum atomic E-state index is -0.370. The van der Waals surface area contributed by atoms with Crippen molar-refractivity contribution in [2.45, 2.75) is 39.5 Å². The van der Waals surface area contributed by atoms with E-state index in [9.17, 15) is 4.79 Å². The second-order valence-electron chi connectivity index (χ2n) is 6.02. The number of benzene rings is 1. The van der Waals surface area contributed by atoms with Gasteiger partial charge in [-0.2, -0.15) is 0 Å². The predicted octanol–water partition coefficient (Wildman–Crippen LogP) is 5.91. The molecule has 0 atom stereocenters. The van der Waals surface area contributed by atoms with Crippen LogP contribution in [-0.2, 0) is 4.74 Å². The molecule has 0 aliphatic rings. The summed E-state index contributed by atoms with van der Waals surface area (Å²) < 4.78 is 5.36. The Kier molecular flexibility index (Phi) is 6.67. The van der Waals surface area contributed by atoms with Crippen molar-refractivity contribution in [2.75, 3.05) is 6.61 Å². The minimum Gasteiger partial charge on any atom is -0.462 e. The lowest BCUT2D eigenvalue weighted by Gasteiger charge is -2.08. The number of hydrogen-bond donors (Lipinski definition) is 0. The Morgan fingerprint density at radius 3 is 2.74 bits per heavy atom. The van der Waals surface area contributed by atoms with Crippen molar-refractivity contribution in [1.29, 1.82) is 0 Å². The molecule has 1 aromatic carbocycles. The van der Waals surface area contributed by atoms with E-state index in [0.29, 0.717) is 22.7 Å². The summed E-state index contributed by atoms with van der Waals surface area (Å²) in [5.74, 6) is 0.348. The smallest absolute Gasteiger partial charge is 0.340 e. The quantitative estimate of drug-likeness (QED) is 0.352. The Hall–Kier alpha value is -1.32. The fourth-order valence-electron chi connectivity index (χ4n) is 2.39. The zero-order valence-corrected chi connectivity index (χ0v) is 15.0. The number of nitrogens with zero attached hydrogens (tertiary/aromatic N) is 1. The second kappa shape index (κ2) is 8.51. The van der Waals surface area contributed by atoms with Gasteiger partial charge in [0.25, 0.3) is 0 Å². The van der Waals surface area contributed by atoms with Gasteiger partial charge in [-0.3, -0.25) is 0 Å². The number of aromatic nitrogens is 1. The van der Waals surface area contributed by atoms with Crippen molar-refractivity contribution in [2.24, 2.45) is 5.92 Å². The fraction of sp³-hybridized carbons (Fsp3) is 0.444. The number of unbranched alkanes of at least 4 members (excludes halogenated alkanes) is 2. The standard InChI is InChI=1S/C18H21Cl2NO2/c1-12(2)7-4-3-5-10-23-18(22)14-9-6-8-13-11-15(19)17(20)21-16(13)14/h6,8-9,11-12H,3-5,7,10H2,1-2H3. The van der Waals surface area contributed by atoms with Gasteiger partial charge in [0, 0.05) is 5.39 Å². The van der Waals surface area contributed by atoms with E-state index in [2.05, 4.69) is 18.8 Å². The van der Waals surface area contributed by atoms with Crippen LogP contribution in [0.25, 0.3) is 10.9 Å². The molecular formula is C18H21Cl2NO2. The molecule has 1 aromatic heterocycles. The summed E-state index contributed by atoms with van der Waals surface area (Å²) in [5, 5.41) is 1.33. The van der Waals surface area contributed by atoms with Crippen LogP contribution >= 0.6 is 23.2 Å². The van der Waals surface area contributed by atoms with E-state index >= 15 is 0 Å². The first kappa shape index (κ1) is 18.0. The Balaban J connectivity index is 1.97. The molecule has 0 bridgehead atoms. The van der Waals surface area contributed by atoms with Gasteiger partial charge in [-0.25, -0.2) is 9.78 Å². The maximum Gasteiger partial charge on any atom is 0.340 e. The first-order chi connectivity index (χ1) is 11.0. The van der Waals surface area contributed by atoms with E-state index in [1.807, 2.05) is 6.07 Å². The van der Waals surface area contributed by atoms with E-state index in [0.717, 1.165) is 24.1 Å². The maximum atomic E-state index is 12.3. The SMILES string of the molecule is CC(C)CCCCCOC(=O)c1cccc2cc(Cl)c(Cl)nc12. The Morgan fingerprint density at radius 2 is 2.00 bits per heavy atom. The van der Waals surface area contributed by atoms with Gasteiger partial charge < -0.3 is 4.74 Å². The number of pyridine rings is 1. The van der Waals surface area contributed by atoms with Gasteiger partial charge >= 0.3 is 5.97 Å². The number of esters is 1. The van der Waals surface area contributed by atoms with E-state index in [-0.39, 0.29) is 11.1 Å². The molecule has 0 spiro atoms. The Morgan fingerprint density at radius 1 is 1.22 bits per heavy atom. The molecule has 23 heavy (non-hydrogen) atoms. The molecule has 124 valence electrons. The number of para-hydroxylation sites is 1. The van der Waals surface area contributed by atoms with Gasteiger partial charge in [0.2, 0.25) is 0 Å². The van der Waals surface area contributed by atoms with E-state index in [1.54, 1.807) is 18.2 Å². The number of rotatable bonds is 7. The molecule has 0 aliphatic heterocycles. The van der Waals surface area contributed by atoms with Gasteiger partial charge in [-0.05, 0) is 24.5 Å². The number of halogens is 2. The third kappa shape index (κ3) is 5.08. The van der Waals surface area contributed by atoms with Crippen LogP contribution < -0.4 is 0 Å². The Bertz CT molecular complexity index is 686. The lowest BCUT2D eigenvalue weighted by atomic mass is 10.1. The monoisotopic (exact) mass is 353 g/mol. The number of fused-ring (bicyclic) bond motifs is 1. The van der Waals surface area contributed by atoms with Gasteiger partial charge in [-0.1, -0.05) is 68.4 Å². The van der Waals surface area contributed by atoms with Crippen LogP contribution in [-0.4, -0.2) is 17.6 Å². The molecule has 0 saturated carbocycles. The number of carbonyl (C=O) groups is 1. The van der Waals surface area contributed by atoms with E-state index < -0.39 is 0 Å². The summed E-state index contributed by atoms with van der Waals surface area (Å²) in [4.78, 5) is 16.5. The minimum absolute atomic E-state index is 0.188. The van der Waals surface area contributed by atoms with Crippen LogP contribution in [0.2, 0.25) is 10.2 Å². The van der Waals surface area contributed by atoms with Crippen LogP contribution in [0, 0.1) is 5.92 Å². The molecule has 0 unspecified atom stereocenters. The van der Waals surface area contributed by atoms with Crippen molar-refractivity contribution in [1.82, 2.24) is 4.98 Å². The highest BCUT2D eigenvalue weighted by Crippen LogP contribution is 2.26. The summed E-state index contributed by atoms with van der Waals surface area (Å²) >= 11 is 11.9. The molecule has 0 N–H and O–H groups in total. The normalized spacial score (nSPS) is 11.2. The van der Waals surface area contributed by atoms with Gasteiger partial charge in [-0.15, -0.1) is 0 Å². The van der Waals surface area contributed by atoms with Crippen LogP contribution in [0.3, 0.4) is 0 Å². The zero-order valence-electron chi connectivity index (χ0n) is 13.4. The molecular weight excluding hydrogens is 333 g/mol. The van der Waals surface area contributed by atoms with Crippen LogP contribution in [0.4, 0.5) is 0 Å². The van der Waals surface area contributed by atoms with Crippen molar-refractivity contribution in [3.8, 4) is 0 Å². The summed E-state index contributed by atoms with van der Waals surface area (Å²) in [6.45, 7) is 4.85. The summed E-state index contributed by atoms with van der Waals surface area (Å²) in [5.41, 5.74) is 0.940. The molecule has 1 heterocycles. The molecule has 0 aliphatic carbocycles. The highest BCUT2D eigenvalue weighted by atomic mass is 35.5. The molecule has 0 fully saturated rings. The number of hydrogen-bond acceptors (Lipinski definition) is 3.